The van der Waals surface area contributed by atoms with Gasteiger partial charge in [0.25, 0.3) is 5.91 Å². The molecule has 0 spiro atoms. The Labute approximate surface area is 125 Å². The van der Waals surface area contributed by atoms with Crippen LogP contribution in [-0.4, -0.2) is 35.9 Å². The van der Waals surface area contributed by atoms with E-state index in [1.165, 1.54) is 0 Å². The lowest BCUT2D eigenvalue weighted by Crippen LogP contribution is -2.44. The van der Waals surface area contributed by atoms with Crippen molar-refractivity contribution in [3.63, 3.8) is 0 Å². The zero-order valence-corrected chi connectivity index (χ0v) is 12.7. The zero-order valence-electron chi connectivity index (χ0n) is 12.0. The predicted octanol–water partition coefficient (Wildman–Crippen LogP) is 3.71. The molecule has 1 saturated heterocycles. The Kier molecular flexibility index (Phi) is 5.72. The highest BCUT2D eigenvalue weighted by Crippen LogP contribution is 2.22. The van der Waals surface area contributed by atoms with Crippen molar-refractivity contribution in [2.24, 2.45) is 0 Å². The topological polar surface area (TPSA) is 29.5 Å². The highest BCUT2D eigenvalue weighted by molar-refractivity contribution is 6.18. The summed E-state index contributed by atoms with van der Waals surface area (Å²) in [6, 6.07) is 7.61. The first-order valence-corrected chi connectivity index (χ1v) is 7.89. The quantitative estimate of drug-likeness (QED) is 0.775. The van der Waals surface area contributed by atoms with Crippen LogP contribution in [0.1, 0.15) is 43.0 Å². The third-order valence-electron chi connectivity index (χ3n) is 3.62. The molecule has 1 atom stereocenters. The minimum absolute atomic E-state index is 0.0669. The number of hydrogen-bond acceptors (Lipinski definition) is 2. The second-order valence-corrected chi connectivity index (χ2v) is 5.49. The molecule has 2 rings (SSSR count). The van der Waals surface area contributed by atoms with Gasteiger partial charge < -0.3 is 9.64 Å². The van der Waals surface area contributed by atoms with Crippen LogP contribution in [-0.2, 0) is 0 Å². The standard InChI is InChI=1S/C16H22ClNO2/c1-2-10-20-15-8-5-6-13(11-15)16(19)18-9-4-3-7-14(18)12-17/h5-6,8,11,14H,2-4,7,9-10,12H2,1H3. The van der Waals surface area contributed by atoms with Gasteiger partial charge in [-0.2, -0.15) is 0 Å². The number of nitrogens with zero attached hydrogens (tertiary/aromatic N) is 1. The van der Waals surface area contributed by atoms with E-state index in [0.29, 0.717) is 18.1 Å². The minimum Gasteiger partial charge on any atom is -0.494 e. The molecule has 1 heterocycles. The van der Waals surface area contributed by atoms with E-state index in [1.807, 2.05) is 29.2 Å². The second kappa shape index (κ2) is 7.53. The van der Waals surface area contributed by atoms with Crippen molar-refractivity contribution >= 4 is 17.5 Å². The molecule has 4 heteroatoms. The van der Waals surface area contributed by atoms with Crippen molar-refractivity contribution in [3.05, 3.63) is 29.8 Å². The number of rotatable bonds is 5. The summed E-state index contributed by atoms with van der Waals surface area (Å²) >= 11 is 5.99. The Morgan fingerprint density at radius 3 is 3.05 bits per heavy atom. The molecule has 0 aromatic heterocycles. The summed E-state index contributed by atoms with van der Waals surface area (Å²) < 4.78 is 5.59. The SMILES string of the molecule is CCCOc1cccc(C(=O)N2CCCCC2CCl)c1. The van der Waals surface area contributed by atoms with Gasteiger partial charge in [-0.1, -0.05) is 13.0 Å². The Bertz CT molecular complexity index is 450. The van der Waals surface area contributed by atoms with Gasteiger partial charge in [-0.3, -0.25) is 4.79 Å². The lowest BCUT2D eigenvalue weighted by molar-refractivity contribution is 0.0638. The average Bonchev–Trinajstić information content (AvgIpc) is 2.52. The van der Waals surface area contributed by atoms with Gasteiger partial charge in [0.2, 0.25) is 0 Å². The van der Waals surface area contributed by atoms with Gasteiger partial charge in [-0.15, -0.1) is 11.6 Å². The van der Waals surface area contributed by atoms with E-state index in [1.54, 1.807) is 0 Å². The fourth-order valence-electron chi connectivity index (χ4n) is 2.53. The second-order valence-electron chi connectivity index (χ2n) is 5.18. The van der Waals surface area contributed by atoms with Crippen LogP contribution in [0.5, 0.6) is 5.75 Å². The van der Waals surface area contributed by atoms with Crippen molar-refractivity contribution in [2.75, 3.05) is 19.0 Å². The molecule has 3 nitrogen and oxygen atoms in total. The fourth-order valence-corrected chi connectivity index (χ4v) is 2.85. The maximum Gasteiger partial charge on any atom is 0.254 e. The molecule has 0 bridgehead atoms. The lowest BCUT2D eigenvalue weighted by Gasteiger charge is -2.34. The smallest absolute Gasteiger partial charge is 0.254 e. The van der Waals surface area contributed by atoms with E-state index in [9.17, 15) is 4.79 Å². The van der Waals surface area contributed by atoms with E-state index < -0.39 is 0 Å². The average molecular weight is 296 g/mol. The van der Waals surface area contributed by atoms with Crippen LogP contribution < -0.4 is 4.74 Å². The highest BCUT2D eigenvalue weighted by Gasteiger charge is 2.26. The van der Waals surface area contributed by atoms with E-state index in [2.05, 4.69) is 6.92 Å². The lowest BCUT2D eigenvalue weighted by atomic mass is 10.0. The number of hydrogen-bond donors (Lipinski definition) is 0. The number of benzene rings is 1. The number of halogens is 1. The summed E-state index contributed by atoms with van der Waals surface area (Å²) in [6.45, 7) is 3.54. The molecule has 20 heavy (non-hydrogen) atoms. The van der Waals surface area contributed by atoms with Crippen LogP contribution in [0.2, 0.25) is 0 Å². The van der Waals surface area contributed by atoms with Crippen molar-refractivity contribution in [1.29, 1.82) is 0 Å². The van der Waals surface area contributed by atoms with E-state index in [4.69, 9.17) is 16.3 Å². The van der Waals surface area contributed by atoms with Crippen molar-refractivity contribution in [3.8, 4) is 5.75 Å². The Hall–Kier alpha value is -1.22. The van der Waals surface area contributed by atoms with Crippen LogP contribution in [0.3, 0.4) is 0 Å². The summed E-state index contributed by atoms with van der Waals surface area (Å²) in [5.74, 6) is 1.34. The summed E-state index contributed by atoms with van der Waals surface area (Å²) in [5.41, 5.74) is 0.690. The van der Waals surface area contributed by atoms with Crippen molar-refractivity contribution in [1.82, 2.24) is 4.90 Å². The molecule has 1 fully saturated rings. The number of carbonyl (C=O) groups is 1. The van der Waals surface area contributed by atoms with Gasteiger partial charge in [0.05, 0.1) is 6.61 Å². The highest BCUT2D eigenvalue weighted by atomic mass is 35.5. The van der Waals surface area contributed by atoms with Crippen molar-refractivity contribution < 1.29 is 9.53 Å². The first-order chi connectivity index (χ1) is 9.76. The molecule has 0 N–H and O–H groups in total. The first kappa shape index (κ1) is 15.2. The number of ether oxygens (including phenoxy) is 1. The van der Waals surface area contributed by atoms with Gasteiger partial charge in [-0.05, 0) is 43.9 Å². The number of likely N-dealkylation sites (tertiary alicyclic amines) is 1. The molecule has 1 amide bonds. The molecule has 110 valence electrons. The molecule has 0 saturated carbocycles. The van der Waals surface area contributed by atoms with Crippen LogP contribution >= 0.6 is 11.6 Å². The molecule has 0 aliphatic carbocycles. The molecule has 1 aromatic rings. The summed E-state index contributed by atoms with van der Waals surface area (Å²) in [4.78, 5) is 14.5. The number of piperidine rings is 1. The maximum absolute atomic E-state index is 12.6. The predicted molar refractivity (Wildman–Crippen MR) is 81.6 cm³/mol. The maximum atomic E-state index is 12.6. The Balaban J connectivity index is 2.11. The van der Waals surface area contributed by atoms with Crippen LogP contribution in [0.15, 0.2) is 24.3 Å². The van der Waals surface area contributed by atoms with Crippen molar-refractivity contribution in [2.45, 2.75) is 38.6 Å². The van der Waals surface area contributed by atoms with Gasteiger partial charge in [0.1, 0.15) is 5.75 Å². The zero-order chi connectivity index (χ0) is 14.4. The van der Waals surface area contributed by atoms with E-state index in [0.717, 1.165) is 38.0 Å². The fraction of sp³-hybridized carbons (Fsp3) is 0.562. The summed E-state index contributed by atoms with van der Waals surface area (Å²) in [5, 5.41) is 0. The molecular formula is C16H22ClNO2. The normalized spacial score (nSPS) is 18.9. The number of carbonyl (C=O) groups excluding carboxylic acids is 1. The molecule has 0 radical (unpaired) electrons. The molecular weight excluding hydrogens is 274 g/mol. The minimum atomic E-state index is 0.0669. The van der Waals surface area contributed by atoms with E-state index in [-0.39, 0.29) is 11.9 Å². The summed E-state index contributed by atoms with van der Waals surface area (Å²) in [7, 11) is 0. The van der Waals surface area contributed by atoms with Crippen LogP contribution in [0, 0.1) is 0 Å². The largest absolute Gasteiger partial charge is 0.494 e. The van der Waals surface area contributed by atoms with Gasteiger partial charge in [0, 0.05) is 24.0 Å². The monoisotopic (exact) mass is 295 g/mol. The first-order valence-electron chi connectivity index (χ1n) is 7.36. The molecule has 1 aliphatic rings. The number of alkyl halides is 1. The summed E-state index contributed by atoms with van der Waals surface area (Å²) in [6.07, 6.45) is 4.17. The molecule has 1 aromatic carbocycles. The molecule has 1 aliphatic heterocycles. The van der Waals surface area contributed by atoms with Gasteiger partial charge >= 0.3 is 0 Å². The van der Waals surface area contributed by atoms with Crippen LogP contribution in [0.25, 0.3) is 0 Å². The van der Waals surface area contributed by atoms with E-state index >= 15 is 0 Å². The van der Waals surface area contributed by atoms with Crippen LogP contribution in [0.4, 0.5) is 0 Å². The third-order valence-corrected chi connectivity index (χ3v) is 3.98. The Morgan fingerprint density at radius 2 is 2.30 bits per heavy atom. The Morgan fingerprint density at radius 1 is 1.45 bits per heavy atom. The van der Waals surface area contributed by atoms with Gasteiger partial charge in [-0.25, -0.2) is 0 Å². The van der Waals surface area contributed by atoms with Gasteiger partial charge in [0.15, 0.2) is 0 Å². The third kappa shape index (κ3) is 3.66. The number of amides is 1. The molecule has 1 unspecified atom stereocenters.